The van der Waals surface area contributed by atoms with Gasteiger partial charge in [0.05, 0.1) is 17.8 Å². The predicted molar refractivity (Wildman–Crippen MR) is 100 cm³/mol. The molecule has 0 fully saturated rings. The number of rotatable bonds is 3. The van der Waals surface area contributed by atoms with Crippen LogP contribution in [0.1, 0.15) is 28.2 Å². The van der Waals surface area contributed by atoms with E-state index in [1.54, 1.807) is 0 Å². The minimum atomic E-state index is 0.151. The molecule has 132 valence electrons. The quantitative estimate of drug-likeness (QED) is 0.732. The molecule has 4 rings (SSSR count). The molecule has 1 aromatic carbocycles. The number of carbonyl (C=O) groups excluding carboxylic acids is 1. The summed E-state index contributed by atoms with van der Waals surface area (Å²) in [6.07, 6.45) is 3.03. The lowest BCUT2D eigenvalue weighted by Gasteiger charge is -2.28. The highest BCUT2D eigenvalue weighted by atomic mass is 16.2. The molecule has 3 heterocycles. The Labute approximate surface area is 153 Å². The smallest absolute Gasteiger partial charge is 0.227 e. The molecule has 1 aliphatic rings. The van der Waals surface area contributed by atoms with Crippen LogP contribution >= 0.6 is 0 Å². The van der Waals surface area contributed by atoms with Crippen molar-refractivity contribution < 1.29 is 4.79 Å². The molecule has 5 nitrogen and oxygen atoms in total. The molecule has 0 atom stereocenters. The van der Waals surface area contributed by atoms with Gasteiger partial charge in [-0.25, -0.2) is 4.68 Å². The molecular weight excluding hydrogens is 324 g/mol. The minimum Gasteiger partial charge on any atom is -0.338 e. The third kappa shape index (κ3) is 3.01. The Kier molecular flexibility index (Phi) is 4.29. The monoisotopic (exact) mass is 346 g/mol. The fraction of sp³-hybridized carbons (Fsp3) is 0.286. The van der Waals surface area contributed by atoms with E-state index in [1.165, 1.54) is 0 Å². The summed E-state index contributed by atoms with van der Waals surface area (Å²) in [5.41, 5.74) is 6.25. The van der Waals surface area contributed by atoms with Gasteiger partial charge in [0.1, 0.15) is 0 Å². The molecule has 0 aliphatic carbocycles. The van der Waals surface area contributed by atoms with Gasteiger partial charge in [0.2, 0.25) is 5.91 Å². The van der Waals surface area contributed by atoms with Crippen molar-refractivity contribution in [1.82, 2.24) is 19.7 Å². The number of carbonyl (C=O) groups is 1. The molecule has 0 N–H and O–H groups in total. The van der Waals surface area contributed by atoms with Gasteiger partial charge in [-0.15, -0.1) is 0 Å². The van der Waals surface area contributed by atoms with Crippen molar-refractivity contribution >= 4 is 5.91 Å². The maximum atomic E-state index is 12.9. The first kappa shape index (κ1) is 16.5. The third-order valence-electron chi connectivity index (χ3n) is 5.09. The molecule has 3 aromatic rings. The highest BCUT2D eigenvalue weighted by Gasteiger charge is 2.23. The molecule has 1 amide bonds. The van der Waals surface area contributed by atoms with Crippen molar-refractivity contribution in [3.8, 4) is 5.69 Å². The first-order valence-corrected chi connectivity index (χ1v) is 8.94. The summed E-state index contributed by atoms with van der Waals surface area (Å²) in [6, 6.07) is 14.0. The topological polar surface area (TPSA) is 51.0 Å². The highest BCUT2D eigenvalue weighted by Crippen LogP contribution is 2.21. The summed E-state index contributed by atoms with van der Waals surface area (Å²) in [7, 11) is 0. The fourth-order valence-electron chi connectivity index (χ4n) is 3.59. The zero-order chi connectivity index (χ0) is 18.1. The fourth-order valence-corrected chi connectivity index (χ4v) is 3.59. The van der Waals surface area contributed by atoms with Crippen molar-refractivity contribution in [2.24, 2.45) is 0 Å². The number of benzene rings is 1. The number of amides is 1. The van der Waals surface area contributed by atoms with E-state index in [4.69, 9.17) is 0 Å². The molecule has 0 radical (unpaired) electrons. The second-order valence-corrected chi connectivity index (χ2v) is 6.75. The number of nitrogens with zero attached hydrogens (tertiary/aromatic N) is 4. The Morgan fingerprint density at radius 2 is 1.92 bits per heavy atom. The van der Waals surface area contributed by atoms with Gasteiger partial charge < -0.3 is 4.90 Å². The van der Waals surface area contributed by atoms with Crippen LogP contribution < -0.4 is 0 Å². The van der Waals surface area contributed by atoms with Crippen LogP contribution in [0.15, 0.2) is 48.7 Å². The lowest BCUT2D eigenvalue weighted by molar-refractivity contribution is -0.131. The van der Waals surface area contributed by atoms with Crippen LogP contribution in [-0.4, -0.2) is 32.1 Å². The van der Waals surface area contributed by atoms with E-state index in [0.29, 0.717) is 13.0 Å². The SMILES string of the molecule is Cc1nn(-c2ccccc2)c(C)c1CC(=O)N1CCc2ncccc2C1. The van der Waals surface area contributed by atoms with Crippen molar-refractivity contribution in [3.63, 3.8) is 0 Å². The van der Waals surface area contributed by atoms with Crippen LogP contribution in [0.25, 0.3) is 5.69 Å². The molecule has 0 unspecified atom stereocenters. The average Bonchev–Trinajstić information content (AvgIpc) is 2.96. The summed E-state index contributed by atoms with van der Waals surface area (Å²) in [6.45, 7) is 5.39. The molecule has 26 heavy (non-hydrogen) atoms. The van der Waals surface area contributed by atoms with E-state index in [-0.39, 0.29) is 5.91 Å². The van der Waals surface area contributed by atoms with Gasteiger partial charge in [-0.2, -0.15) is 5.10 Å². The number of hydrogen-bond donors (Lipinski definition) is 0. The standard InChI is InChI=1S/C21H22N4O/c1-15-19(16(2)25(23-15)18-8-4-3-5-9-18)13-21(26)24-12-10-20-17(14-24)7-6-11-22-20/h3-9,11H,10,12-14H2,1-2H3. The summed E-state index contributed by atoms with van der Waals surface area (Å²) in [4.78, 5) is 19.2. The number of para-hydroxylation sites is 1. The van der Waals surface area contributed by atoms with Crippen LogP contribution in [0.4, 0.5) is 0 Å². The van der Waals surface area contributed by atoms with E-state index in [1.807, 2.05) is 66.0 Å². The van der Waals surface area contributed by atoms with Crippen LogP contribution in [0.2, 0.25) is 0 Å². The second-order valence-electron chi connectivity index (χ2n) is 6.75. The van der Waals surface area contributed by atoms with Gasteiger partial charge in [-0.05, 0) is 37.6 Å². The maximum Gasteiger partial charge on any atom is 0.227 e. The van der Waals surface area contributed by atoms with Gasteiger partial charge >= 0.3 is 0 Å². The van der Waals surface area contributed by atoms with E-state index in [0.717, 1.165) is 46.9 Å². The normalized spacial score (nSPS) is 13.5. The van der Waals surface area contributed by atoms with Gasteiger partial charge in [0.15, 0.2) is 0 Å². The van der Waals surface area contributed by atoms with Crippen molar-refractivity contribution in [3.05, 3.63) is 76.9 Å². The molecule has 0 saturated carbocycles. The summed E-state index contributed by atoms with van der Waals surface area (Å²) in [5.74, 6) is 0.151. The third-order valence-corrected chi connectivity index (χ3v) is 5.09. The molecule has 1 aliphatic heterocycles. The van der Waals surface area contributed by atoms with E-state index >= 15 is 0 Å². The number of pyridine rings is 1. The lowest BCUT2D eigenvalue weighted by atomic mass is 10.0. The first-order chi connectivity index (χ1) is 12.6. The second kappa shape index (κ2) is 6.75. The van der Waals surface area contributed by atoms with Crippen LogP contribution in [0.3, 0.4) is 0 Å². The minimum absolute atomic E-state index is 0.151. The summed E-state index contributed by atoms with van der Waals surface area (Å²) >= 11 is 0. The zero-order valence-electron chi connectivity index (χ0n) is 15.1. The average molecular weight is 346 g/mol. The molecule has 5 heteroatoms. The van der Waals surface area contributed by atoms with Gasteiger partial charge in [-0.1, -0.05) is 24.3 Å². The summed E-state index contributed by atoms with van der Waals surface area (Å²) < 4.78 is 1.92. The molecule has 0 bridgehead atoms. The largest absolute Gasteiger partial charge is 0.338 e. The van der Waals surface area contributed by atoms with Crippen molar-refractivity contribution in [2.45, 2.75) is 33.2 Å². The molecule has 0 spiro atoms. The van der Waals surface area contributed by atoms with Crippen LogP contribution in [0, 0.1) is 13.8 Å². The van der Waals surface area contributed by atoms with Gasteiger partial charge in [0, 0.05) is 42.7 Å². The predicted octanol–water partition coefficient (Wildman–Crippen LogP) is 3.01. The molecular formula is C21H22N4O. The zero-order valence-corrected chi connectivity index (χ0v) is 15.1. The number of fused-ring (bicyclic) bond motifs is 1. The van der Waals surface area contributed by atoms with Crippen LogP contribution in [-0.2, 0) is 24.2 Å². The molecule has 0 saturated heterocycles. The van der Waals surface area contributed by atoms with Crippen LogP contribution in [0.5, 0.6) is 0 Å². The van der Waals surface area contributed by atoms with Gasteiger partial charge in [-0.3, -0.25) is 9.78 Å². The van der Waals surface area contributed by atoms with Gasteiger partial charge in [0.25, 0.3) is 0 Å². The van der Waals surface area contributed by atoms with Crippen molar-refractivity contribution in [2.75, 3.05) is 6.54 Å². The Hall–Kier alpha value is -2.95. The Morgan fingerprint density at radius 3 is 2.73 bits per heavy atom. The Balaban J connectivity index is 1.55. The molecule has 2 aromatic heterocycles. The Bertz CT molecular complexity index is 946. The number of aryl methyl sites for hydroxylation is 1. The summed E-state index contributed by atoms with van der Waals surface area (Å²) in [5, 5.41) is 4.65. The van der Waals surface area contributed by atoms with E-state index < -0.39 is 0 Å². The first-order valence-electron chi connectivity index (χ1n) is 8.94. The van der Waals surface area contributed by atoms with E-state index in [9.17, 15) is 4.79 Å². The number of aromatic nitrogens is 3. The number of hydrogen-bond acceptors (Lipinski definition) is 3. The van der Waals surface area contributed by atoms with E-state index in [2.05, 4.69) is 16.1 Å². The lowest BCUT2D eigenvalue weighted by Crippen LogP contribution is -2.37. The van der Waals surface area contributed by atoms with Crippen molar-refractivity contribution in [1.29, 1.82) is 0 Å². The highest BCUT2D eigenvalue weighted by molar-refractivity contribution is 5.79. The Morgan fingerprint density at radius 1 is 1.12 bits per heavy atom. The maximum absolute atomic E-state index is 12.9.